The highest BCUT2D eigenvalue weighted by molar-refractivity contribution is 5.87. The fraction of sp³-hybridized carbons (Fsp3) is 0.353. The Morgan fingerprint density at radius 2 is 2.10 bits per heavy atom. The van der Waals surface area contributed by atoms with E-state index in [1.54, 1.807) is 6.08 Å². The van der Waals surface area contributed by atoms with Crippen LogP contribution in [0.3, 0.4) is 0 Å². The molecule has 20 heavy (non-hydrogen) atoms. The van der Waals surface area contributed by atoms with Crippen molar-refractivity contribution in [3.05, 3.63) is 48.0 Å². The number of carbonyl (C=O) groups excluding carboxylic acids is 1. The molecular weight excluding hydrogens is 250 g/mol. The summed E-state index contributed by atoms with van der Waals surface area (Å²) in [5.41, 5.74) is 0.972. The Bertz CT molecular complexity index is 481. The van der Waals surface area contributed by atoms with Crippen molar-refractivity contribution < 1.29 is 9.53 Å². The smallest absolute Gasteiger partial charge is 0.243 e. The summed E-state index contributed by atoms with van der Waals surface area (Å²) in [5.74, 6) is 6.29. The van der Waals surface area contributed by atoms with Crippen molar-refractivity contribution in [2.75, 3.05) is 19.8 Å². The van der Waals surface area contributed by atoms with Gasteiger partial charge in [0.15, 0.2) is 0 Å². The third kappa shape index (κ3) is 8.12. The molecule has 3 nitrogen and oxygen atoms in total. The highest BCUT2D eigenvalue weighted by Gasteiger charge is 1.96. The summed E-state index contributed by atoms with van der Waals surface area (Å²) in [6.07, 6.45) is 3.19. The largest absolute Gasteiger partial charge is 0.365 e. The molecule has 1 amide bonds. The molecule has 0 aliphatic rings. The van der Waals surface area contributed by atoms with E-state index in [0.717, 1.165) is 5.56 Å². The predicted molar refractivity (Wildman–Crippen MR) is 81.1 cm³/mol. The van der Waals surface area contributed by atoms with E-state index in [9.17, 15) is 4.79 Å². The number of amides is 1. The first-order valence-electron chi connectivity index (χ1n) is 6.74. The minimum Gasteiger partial charge on any atom is -0.365 e. The average molecular weight is 271 g/mol. The Kier molecular flexibility index (Phi) is 7.86. The molecule has 1 aromatic rings. The monoisotopic (exact) mass is 271 g/mol. The van der Waals surface area contributed by atoms with Gasteiger partial charge in [0.05, 0.1) is 6.61 Å². The van der Waals surface area contributed by atoms with Crippen LogP contribution in [0, 0.1) is 17.8 Å². The molecule has 1 aromatic carbocycles. The van der Waals surface area contributed by atoms with E-state index in [-0.39, 0.29) is 5.91 Å². The van der Waals surface area contributed by atoms with Gasteiger partial charge in [0.25, 0.3) is 0 Å². The fourth-order valence-corrected chi connectivity index (χ4v) is 1.36. The molecule has 1 N–H and O–H groups in total. The molecule has 0 atom stereocenters. The van der Waals surface area contributed by atoms with E-state index >= 15 is 0 Å². The Morgan fingerprint density at radius 3 is 2.80 bits per heavy atom. The van der Waals surface area contributed by atoms with Crippen molar-refractivity contribution in [2.24, 2.45) is 5.92 Å². The van der Waals surface area contributed by atoms with Gasteiger partial charge >= 0.3 is 0 Å². The topological polar surface area (TPSA) is 38.3 Å². The molecule has 3 heteroatoms. The molecular formula is C17H21NO2. The number of benzene rings is 1. The van der Waals surface area contributed by atoms with Crippen molar-refractivity contribution >= 4 is 5.91 Å². The second-order valence-corrected chi connectivity index (χ2v) is 4.72. The molecule has 0 aliphatic carbocycles. The number of hydrogen-bond donors (Lipinski definition) is 1. The fourth-order valence-electron chi connectivity index (χ4n) is 1.36. The predicted octanol–water partition coefficient (Wildman–Crippen LogP) is 2.38. The molecule has 0 heterocycles. The lowest BCUT2D eigenvalue weighted by molar-refractivity contribution is -0.116. The van der Waals surface area contributed by atoms with Crippen LogP contribution in [0.1, 0.15) is 19.4 Å². The lowest BCUT2D eigenvalue weighted by Crippen LogP contribution is -2.25. The molecule has 0 saturated carbocycles. The highest BCUT2D eigenvalue weighted by atomic mass is 16.5. The Labute approximate surface area is 121 Å². The van der Waals surface area contributed by atoms with Crippen molar-refractivity contribution in [2.45, 2.75) is 13.8 Å². The Morgan fingerprint density at radius 1 is 1.35 bits per heavy atom. The first kappa shape index (κ1) is 16.0. The molecule has 0 aromatic heterocycles. The number of nitrogens with one attached hydrogen (secondary N) is 1. The van der Waals surface area contributed by atoms with Crippen LogP contribution in [0.2, 0.25) is 0 Å². The van der Waals surface area contributed by atoms with E-state index in [4.69, 9.17) is 4.74 Å². The van der Waals surface area contributed by atoms with E-state index in [2.05, 4.69) is 31.0 Å². The SMILES string of the molecule is CC(C)CNC(=O)C=CCOCC#Cc1ccccc1. The first-order chi connectivity index (χ1) is 9.68. The number of ether oxygens (including phenoxy) is 1. The van der Waals surface area contributed by atoms with Crippen molar-refractivity contribution in [3.63, 3.8) is 0 Å². The minimum absolute atomic E-state index is 0.0855. The lowest BCUT2D eigenvalue weighted by atomic mass is 10.2. The highest BCUT2D eigenvalue weighted by Crippen LogP contribution is 1.94. The maximum atomic E-state index is 11.3. The number of rotatable bonds is 6. The zero-order valence-corrected chi connectivity index (χ0v) is 12.1. The summed E-state index contributed by atoms with van der Waals surface area (Å²) in [7, 11) is 0. The van der Waals surface area contributed by atoms with Crippen LogP contribution in [0.25, 0.3) is 0 Å². The van der Waals surface area contributed by atoms with Gasteiger partial charge in [0.2, 0.25) is 5.91 Å². The van der Waals surface area contributed by atoms with Crippen LogP contribution in [-0.4, -0.2) is 25.7 Å². The molecule has 0 bridgehead atoms. The third-order valence-electron chi connectivity index (χ3n) is 2.35. The van der Waals surface area contributed by atoms with Gasteiger partial charge in [0, 0.05) is 18.2 Å². The molecule has 1 rings (SSSR count). The van der Waals surface area contributed by atoms with E-state index in [1.165, 1.54) is 6.08 Å². The van der Waals surface area contributed by atoms with Gasteiger partial charge in [-0.15, -0.1) is 0 Å². The summed E-state index contributed by atoms with van der Waals surface area (Å²) >= 11 is 0. The van der Waals surface area contributed by atoms with Crippen LogP contribution in [0.15, 0.2) is 42.5 Å². The van der Waals surface area contributed by atoms with Gasteiger partial charge in [-0.2, -0.15) is 0 Å². The Hall–Kier alpha value is -2.05. The maximum absolute atomic E-state index is 11.3. The summed E-state index contributed by atoms with van der Waals surface area (Å²) in [4.78, 5) is 11.3. The van der Waals surface area contributed by atoms with Crippen LogP contribution in [-0.2, 0) is 9.53 Å². The van der Waals surface area contributed by atoms with E-state index < -0.39 is 0 Å². The van der Waals surface area contributed by atoms with Crippen LogP contribution in [0.4, 0.5) is 0 Å². The summed E-state index contributed by atoms with van der Waals surface area (Å²) < 4.78 is 5.29. The zero-order chi connectivity index (χ0) is 14.6. The van der Waals surface area contributed by atoms with Gasteiger partial charge in [0.1, 0.15) is 6.61 Å². The van der Waals surface area contributed by atoms with Gasteiger partial charge in [-0.3, -0.25) is 4.79 Å². The zero-order valence-electron chi connectivity index (χ0n) is 12.1. The molecule has 0 aliphatic heterocycles. The third-order valence-corrected chi connectivity index (χ3v) is 2.35. The van der Waals surface area contributed by atoms with Gasteiger partial charge in [-0.1, -0.05) is 50.0 Å². The second kappa shape index (κ2) is 9.82. The van der Waals surface area contributed by atoms with Gasteiger partial charge < -0.3 is 10.1 Å². The molecule has 0 saturated heterocycles. The summed E-state index contributed by atoms with van der Waals surface area (Å²) in [6.45, 7) is 5.54. The normalized spacial score (nSPS) is 10.3. The van der Waals surface area contributed by atoms with Gasteiger partial charge in [-0.25, -0.2) is 0 Å². The standard InChI is InChI=1S/C17H21NO2/c1-15(2)14-18-17(19)11-7-13-20-12-6-10-16-8-4-3-5-9-16/h3-5,7-9,11,15H,12-14H2,1-2H3,(H,18,19). The second-order valence-electron chi connectivity index (χ2n) is 4.72. The number of hydrogen-bond acceptors (Lipinski definition) is 2. The first-order valence-corrected chi connectivity index (χ1v) is 6.74. The van der Waals surface area contributed by atoms with Crippen LogP contribution >= 0.6 is 0 Å². The van der Waals surface area contributed by atoms with Crippen LogP contribution < -0.4 is 5.32 Å². The Balaban J connectivity index is 2.13. The quantitative estimate of drug-likeness (QED) is 0.490. The van der Waals surface area contributed by atoms with Crippen LogP contribution in [0.5, 0.6) is 0 Å². The minimum atomic E-state index is -0.0855. The molecule has 0 radical (unpaired) electrons. The maximum Gasteiger partial charge on any atom is 0.243 e. The van der Waals surface area contributed by atoms with Crippen molar-refractivity contribution in [3.8, 4) is 11.8 Å². The molecule has 0 fully saturated rings. The summed E-state index contributed by atoms with van der Waals surface area (Å²) in [5, 5.41) is 2.80. The van der Waals surface area contributed by atoms with Gasteiger partial charge in [-0.05, 0) is 18.1 Å². The molecule has 0 spiro atoms. The lowest BCUT2D eigenvalue weighted by Gasteiger charge is -2.04. The van der Waals surface area contributed by atoms with Crippen molar-refractivity contribution in [1.29, 1.82) is 0 Å². The summed E-state index contributed by atoms with van der Waals surface area (Å²) in [6, 6.07) is 9.75. The average Bonchev–Trinajstić information content (AvgIpc) is 2.45. The molecule has 0 unspecified atom stereocenters. The van der Waals surface area contributed by atoms with E-state index in [0.29, 0.717) is 25.7 Å². The molecule has 106 valence electrons. The van der Waals surface area contributed by atoms with Crippen molar-refractivity contribution in [1.82, 2.24) is 5.32 Å². The van der Waals surface area contributed by atoms with E-state index in [1.807, 2.05) is 30.3 Å². The number of carbonyl (C=O) groups is 1.